The Morgan fingerprint density at radius 1 is 1.50 bits per heavy atom. The van der Waals surface area contributed by atoms with Gasteiger partial charge in [-0.25, -0.2) is 4.98 Å². The number of aromatic nitrogens is 1. The van der Waals surface area contributed by atoms with E-state index in [0.29, 0.717) is 34.6 Å². The molecular weight excluding hydrogens is 273 g/mol. The second kappa shape index (κ2) is 5.11. The zero-order valence-corrected chi connectivity index (χ0v) is 12.0. The predicted octanol–water partition coefficient (Wildman–Crippen LogP) is 2.78. The Hall–Kier alpha value is -0.710. The molecule has 0 aromatic carbocycles. The topological polar surface area (TPSA) is 48.4 Å². The number of hydrogen-bond donors (Lipinski definition) is 2. The van der Waals surface area contributed by atoms with Gasteiger partial charge in [-0.15, -0.1) is 0 Å². The van der Waals surface area contributed by atoms with Crippen LogP contribution in [0.4, 0.5) is 11.6 Å². The van der Waals surface area contributed by atoms with Crippen LogP contribution in [0.2, 0.25) is 10.0 Å². The third-order valence-electron chi connectivity index (χ3n) is 3.01. The minimum Gasteiger partial charge on any atom is -0.388 e. The van der Waals surface area contributed by atoms with Gasteiger partial charge >= 0.3 is 0 Å². The smallest absolute Gasteiger partial charge is 0.150 e. The summed E-state index contributed by atoms with van der Waals surface area (Å²) in [5.41, 5.74) is -0.678. The molecule has 1 saturated heterocycles. The van der Waals surface area contributed by atoms with Crippen LogP contribution in [-0.2, 0) is 0 Å². The second-order valence-corrected chi connectivity index (χ2v) is 5.64. The van der Waals surface area contributed by atoms with Crippen molar-refractivity contribution in [3.8, 4) is 0 Å². The Labute approximate surface area is 117 Å². The number of rotatable bonds is 3. The lowest BCUT2D eigenvalue weighted by Crippen LogP contribution is -2.30. The first kappa shape index (κ1) is 13.7. The highest BCUT2D eigenvalue weighted by atomic mass is 35.5. The molecule has 4 nitrogen and oxygen atoms in total. The van der Waals surface area contributed by atoms with Crippen LogP contribution in [0.25, 0.3) is 0 Å². The van der Waals surface area contributed by atoms with Crippen molar-refractivity contribution < 1.29 is 5.11 Å². The van der Waals surface area contributed by atoms with Crippen molar-refractivity contribution in [2.24, 2.45) is 0 Å². The SMILES string of the molecule is CCNc1nc(N2CCC(C)(O)C2)c(Cl)cc1Cl. The minimum atomic E-state index is -0.678. The Morgan fingerprint density at radius 3 is 2.78 bits per heavy atom. The first-order chi connectivity index (χ1) is 8.43. The zero-order chi connectivity index (χ0) is 13.3. The second-order valence-electron chi connectivity index (χ2n) is 4.82. The number of aliphatic hydroxyl groups is 1. The van der Waals surface area contributed by atoms with Crippen molar-refractivity contribution in [2.45, 2.75) is 25.9 Å². The summed E-state index contributed by atoms with van der Waals surface area (Å²) in [5, 5.41) is 14.1. The molecule has 0 amide bonds. The molecule has 0 spiro atoms. The number of hydrogen-bond acceptors (Lipinski definition) is 4. The van der Waals surface area contributed by atoms with E-state index < -0.39 is 5.60 Å². The first-order valence-electron chi connectivity index (χ1n) is 6.00. The van der Waals surface area contributed by atoms with Crippen LogP contribution >= 0.6 is 23.2 Å². The summed E-state index contributed by atoms with van der Waals surface area (Å²) in [5.74, 6) is 1.31. The lowest BCUT2D eigenvalue weighted by atomic mass is 10.1. The molecule has 6 heteroatoms. The Balaban J connectivity index is 2.30. The lowest BCUT2D eigenvalue weighted by molar-refractivity contribution is 0.0839. The van der Waals surface area contributed by atoms with E-state index in [0.717, 1.165) is 13.1 Å². The van der Waals surface area contributed by atoms with E-state index in [1.54, 1.807) is 6.07 Å². The Bertz CT molecular complexity index is 451. The van der Waals surface area contributed by atoms with Crippen molar-refractivity contribution in [1.82, 2.24) is 4.98 Å². The van der Waals surface area contributed by atoms with Gasteiger partial charge < -0.3 is 15.3 Å². The highest BCUT2D eigenvalue weighted by Crippen LogP contribution is 2.34. The number of halogens is 2. The largest absolute Gasteiger partial charge is 0.388 e. The van der Waals surface area contributed by atoms with Gasteiger partial charge in [-0.1, -0.05) is 23.2 Å². The maximum atomic E-state index is 9.99. The predicted molar refractivity (Wildman–Crippen MR) is 75.9 cm³/mol. The minimum absolute atomic E-state index is 0.511. The lowest BCUT2D eigenvalue weighted by Gasteiger charge is -2.22. The average molecular weight is 290 g/mol. The van der Waals surface area contributed by atoms with E-state index in [4.69, 9.17) is 23.2 Å². The van der Waals surface area contributed by atoms with E-state index in [2.05, 4.69) is 10.3 Å². The van der Waals surface area contributed by atoms with E-state index in [1.165, 1.54) is 0 Å². The molecule has 2 N–H and O–H groups in total. The van der Waals surface area contributed by atoms with Crippen LogP contribution in [0.15, 0.2) is 6.07 Å². The highest BCUT2D eigenvalue weighted by molar-refractivity contribution is 6.37. The summed E-state index contributed by atoms with van der Waals surface area (Å²) >= 11 is 12.2. The molecule has 1 aromatic rings. The summed E-state index contributed by atoms with van der Waals surface area (Å²) in [6.07, 6.45) is 0.712. The molecule has 1 atom stereocenters. The van der Waals surface area contributed by atoms with Gasteiger partial charge in [0.05, 0.1) is 15.6 Å². The van der Waals surface area contributed by atoms with Gasteiger partial charge in [-0.05, 0) is 26.3 Å². The summed E-state index contributed by atoms with van der Waals surface area (Å²) < 4.78 is 0. The van der Waals surface area contributed by atoms with Gasteiger partial charge in [0, 0.05) is 19.6 Å². The molecule has 2 rings (SSSR count). The summed E-state index contributed by atoms with van der Waals surface area (Å²) in [6, 6.07) is 1.69. The van der Waals surface area contributed by atoms with Crippen molar-refractivity contribution in [3.05, 3.63) is 16.1 Å². The molecule has 100 valence electrons. The van der Waals surface area contributed by atoms with Gasteiger partial charge in [0.2, 0.25) is 0 Å². The quantitative estimate of drug-likeness (QED) is 0.898. The van der Waals surface area contributed by atoms with Gasteiger partial charge in [0.25, 0.3) is 0 Å². The number of nitrogens with zero attached hydrogens (tertiary/aromatic N) is 2. The highest BCUT2D eigenvalue weighted by Gasteiger charge is 2.33. The van der Waals surface area contributed by atoms with Crippen molar-refractivity contribution >= 4 is 34.8 Å². The Kier molecular flexibility index (Phi) is 3.90. The number of β-amino-alcohol motifs (C(OH)–C–C–N with tert-alkyl or cyclic N) is 1. The first-order valence-corrected chi connectivity index (χ1v) is 6.76. The molecule has 1 fully saturated rings. The molecule has 0 saturated carbocycles. The van der Waals surface area contributed by atoms with Crippen LogP contribution in [0.5, 0.6) is 0 Å². The van der Waals surface area contributed by atoms with Crippen LogP contribution in [0, 0.1) is 0 Å². The standard InChI is InChI=1S/C12H17Cl2N3O/c1-3-15-10-8(13)6-9(14)11(16-10)17-5-4-12(2,18)7-17/h6,18H,3-5,7H2,1-2H3,(H,15,16). The van der Waals surface area contributed by atoms with E-state index in [-0.39, 0.29) is 0 Å². The van der Waals surface area contributed by atoms with Gasteiger partial charge in [-0.3, -0.25) is 0 Å². The molecule has 1 unspecified atom stereocenters. The fourth-order valence-corrected chi connectivity index (χ4v) is 2.64. The fraction of sp³-hybridized carbons (Fsp3) is 0.583. The molecule has 1 aliphatic heterocycles. The third-order valence-corrected chi connectivity index (χ3v) is 3.57. The average Bonchev–Trinajstić information content (AvgIpc) is 2.63. The molecule has 0 bridgehead atoms. The molecule has 0 aliphatic carbocycles. The molecule has 18 heavy (non-hydrogen) atoms. The van der Waals surface area contributed by atoms with Crippen molar-refractivity contribution in [3.63, 3.8) is 0 Å². The normalized spacial score (nSPS) is 23.5. The van der Waals surface area contributed by atoms with Crippen molar-refractivity contribution in [2.75, 3.05) is 29.9 Å². The number of pyridine rings is 1. The summed E-state index contributed by atoms with van der Waals surface area (Å²) in [4.78, 5) is 6.43. The Morgan fingerprint density at radius 2 is 2.22 bits per heavy atom. The van der Waals surface area contributed by atoms with Crippen LogP contribution < -0.4 is 10.2 Å². The molecule has 1 aromatic heterocycles. The van der Waals surface area contributed by atoms with Gasteiger partial charge in [-0.2, -0.15) is 0 Å². The van der Waals surface area contributed by atoms with Crippen LogP contribution in [0.1, 0.15) is 20.3 Å². The molecule has 1 aliphatic rings. The maximum absolute atomic E-state index is 9.99. The monoisotopic (exact) mass is 289 g/mol. The molecule has 2 heterocycles. The molecular formula is C12H17Cl2N3O. The van der Waals surface area contributed by atoms with Crippen LogP contribution in [0.3, 0.4) is 0 Å². The zero-order valence-electron chi connectivity index (χ0n) is 10.5. The summed E-state index contributed by atoms with van der Waals surface area (Å²) in [6.45, 7) is 5.82. The molecule has 0 radical (unpaired) electrons. The fourth-order valence-electron chi connectivity index (χ4n) is 2.10. The summed E-state index contributed by atoms with van der Waals surface area (Å²) in [7, 11) is 0. The van der Waals surface area contributed by atoms with Gasteiger partial charge in [0.1, 0.15) is 11.6 Å². The number of nitrogens with one attached hydrogen (secondary N) is 1. The number of anilines is 2. The maximum Gasteiger partial charge on any atom is 0.150 e. The van der Waals surface area contributed by atoms with E-state index in [1.807, 2.05) is 18.7 Å². The third kappa shape index (κ3) is 2.82. The van der Waals surface area contributed by atoms with Crippen molar-refractivity contribution in [1.29, 1.82) is 0 Å². The van der Waals surface area contributed by atoms with Crippen LogP contribution in [-0.4, -0.2) is 35.3 Å². The van der Waals surface area contributed by atoms with Gasteiger partial charge in [0.15, 0.2) is 0 Å². The van der Waals surface area contributed by atoms with E-state index >= 15 is 0 Å². The van der Waals surface area contributed by atoms with E-state index in [9.17, 15) is 5.11 Å².